The van der Waals surface area contributed by atoms with Gasteiger partial charge in [-0.2, -0.15) is 0 Å². The smallest absolute Gasteiger partial charge is 0.410 e. The van der Waals surface area contributed by atoms with Gasteiger partial charge in [0.25, 0.3) is 11.8 Å². The highest BCUT2D eigenvalue weighted by molar-refractivity contribution is 7.89. The average Bonchev–Trinajstić information content (AvgIpc) is 3.01. The number of imide groups is 1. The van der Waals surface area contributed by atoms with Gasteiger partial charge in [0.05, 0.1) is 18.8 Å². The summed E-state index contributed by atoms with van der Waals surface area (Å²) in [6.07, 6.45) is 1.48. The number of benzene rings is 1. The van der Waals surface area contributed by atoms with Gasteiger partial charge in [-0.15, -0.1) is 0 Å². The maximum absolute atomic E-state index is 13.1. The molecule has 0 radical (unpaired) electrons. The Hall–Kier alpha value is -2.96. The van der Waals surface area contributed by atoms with E-state index in [9.17, 15) is 22.8 Å². The number of sulfonamides is 1. The van der Waals surface area contributed by atoms with E-state index >= 15 is 0 Å². The first kappa shape index (κ1) is 25.7. The van der Waals surface area contributed by atoms with Crippen LogP contribution >= 0.6 is 0 Å². The number of carbonyl (C=O) groups excluding carboxylic acids is 3. The maximum atomic E-state index is 13.1. The van der Waals surface area contributed by atoms with E-state index in [1.807, 2.05) is 0 Å². The molecular weight excluding hydrogens is 464 g/mol. The molecule has 0 bridgehead atoms. The number of β-amino-alcohol motifs (C(OH)–C–C–N with tert-alkyl or cyclic N) is 1. The summed E-state index contributed by atoms with van der Waals surface area (Å²) in [5, 5.41) is 11.8. The summed E-state index contributed by atoms with van der Waals surface area (Å²) in [7, 11) is -3.98. The molecule has 0 aromatic heterocycles. The number of anilines is 1. The number of piperidine rings is 1. The zero-order chi connectivity index (χ0) is 25.1. The number of hydrogen-bond donors (Lipinski definition) is 3. The van der Waals surface area contributed by atoms with Crippen LogP contribution in [-0.2, 0) is 24.3 Å². The van der Waals surface area contributed by atoms with Crippen molar-refractivity contribution in [3.8, 4) is 0 Å². The monoisotopic (exact) mass is 494 g/mol. The summed E-state index contributed by atoms with van der Waals surface area (Å²) >= 11 is 0. The van der Waals surface area contributed by atoms with Crippen LogP contribution < -0.4 is 10.0 Å². The molecule has 186 valence electrons. The van der Waals surface area contributed by atoms with E-state index in [-0.39, 0.29) is 35.5 Å². The highest BCUT2D eigenvalue weighted by Gasteiger charge is 2.33. The summed E-state index contributed by atoms with van der Waals surface area (Å²) in [4.78, 5) is 39.0. The minimum Gasteiger partial charge on any atom is -0.444 e. The van der Waals surface area contributed by atoms with Crippen LogP contribution in [0.15, 0.2) is 40.9 Å². The lowest BCUT2D eigenvalue weighted by Crippen LogP contribution is -2.47. The number of aliphatic hydroxyl groups excluding tert-OH is 1. The third-order valence-corrected chi connectivity index (χ3v) is 6.83. The van der Waals surface area contributed by atoms with Crippen molar-refractivity contribution in [1.82, 2.24) is 14.5 Å². The number of nitrogens with zero attached hydrogens (tertiary/aromatic N) is 2. The summed E-state index contributed by atoms with van der Waals surface area (Å²) in [6, 6.07) is 5.67. The number of likely N-dealkylation sites (tertiary alicyclic amines) is 1. The Morgan fingerprint density at radius 2 is 1.82 bits per heavy atom. The molecule has 0 atom stereocenters. The number of amides is 3. The number of hydrogen-bond acceptors (Lipinski definition) is 8. The predicted molar refractivity (Wildman–Crippen MR) is 123 cm³/mol. The zero-order valence-corrected chi connectivity index (χ0v) is 20.2. The van der Waals surface area contributed by atoms with E-state index in [4.69, 9.17) is 9.84 Å². The van der Waals surface area contributed by atoms with Crippen LogP contribution in [0.3, 0.4) is 0 Å². The predicted octanol–water partition coefficient (Wildman–Crippen LogP) is 1.02. The van der Waals surface area contributed by atoms with Crippen molar-refractivity contribution >= 4 is 33.6 Å². The molecule has 1 fully saturated rings. The van der Waals surface area contributed by atoms with Crippen LogP contribution in [-0.4, -0.2) is 79.1 Å². The van der Waals surface area contributed by atoms with Gasteiger partial charge in [-0.25, -0.2) is 17.9 Å². The average molecular weight is 495 g/mol. The minimum atomic E-state index is -3.98. The first-order chi connectivity index (χ1) is 15.9. The maximum Gasteiger partial charge on any atom is 0.410 e. The topological polar surface area (TPSA) is 145 Å². The molecule has 11 nitrogen and oxygen atoms in total. The fourth-order valence-electron chi connectivity index (χ4n) is 3.65. The van der Waals surface area contributed by atoms with Crippen molar-refractivity contribution in [3.63, 3.8) is 0 Å². The molecular formula is C22H30N4O7S. The van der Waals surface area contributed by atoms with Crippen LogP contribution in [0, 0.1) is 0 Å². The fraction of sp³-hybridized carbons (Fsp3) is 0.500. The molecule has 3 amide bonds. The summed E-state index contributed by atoms with van der Waals surface area (Å²) < 4.78 is 34.3. The van der Waals surface area contributed by atoms with Crippen LogP contribution in [0.25, 0.3) is 0 Å². The lowest BCUT2D eigenvalue weighted by atomic mass is 10.1. The van der Waals surface area contributed by atoms with Gasteiger partial charge < -0.3 is 20.1 Å². The number of rotatable bonds is 7. The molecule has 1 aromatic carbocycles. The lowest BCUT2D eigenvalue weighted by molar-refractivity contribution is -0.137. The van der Waals surface area contributed by atoms with E-state index in [0.29, 0.717) is 25.9 Å². The summed E-state index contributed by atoms with van der Waals surface area (Å²) in [5.41, 5.74) is -0.548. The van der Waals surface area contributed by atoms with Gasteiger partial charge in [0.2, 0.25) is 10.0 Å². The largest absolute Gasteiger partial charge is 0.444 e. The highest BCUT2D eigenvalue weighted by atomic mass is 32.2. The Morgan fingerprint density at radius 1 is 1.18 bits per heavy atom. The molecule has 1 aromatic rings. The third kappa shape index (κ3) is 6.13. The molecule has 0 spiro atoms. The van der Waals surface area contributed by atoms with Gasteiger partial charge in [0, 0.05) is 25.2 Å². The number of nitrogens with one attached hydrogen (secondary N) is 2. The summed E-state index contributed by atoms with van der Waals surface area (Å²) in [6.45, 7) is 5.53. The van der Waals surface area contributed by atoms with Crippen LogP contribution in [0.2, 0.25) is 0 Å². The van der Waals surface area contributed by atoms with Crippen molar-refractivity contribution in [2.24, 2.45) is 0 Å². The van der Waals surface area contributed by atoms with E-state index in [1.54, 1.807) is 37.8 Å². The van der Waals surface area contributed by atoms with Crippen molar-refractivity contribution in [2.45, 2.75) is 50.2 Å². The van der Waals surface area contributed by atoms with Crippen LogP contribution in [0.5, 0.6) is 0 Å². The second-order valence-corrected chi connectivity index (χ2v) is 10.7. The van der Waals surface area contributed by atoms with E-state index in [0.717, 1.165) is 11.0 Å². The van der Waals surface area contributed by atoms with E-state index in [2.05, 4.69) is 10.0 Å². The van der Waals surface area contributed by atoms with Crippen molar-refractivity contribution in [3.05, 3.63) is 36.0 Å². The molecule has 0 saturated carbocycles. The van der Waals surface area contributed by atoms with Gasteiger partial charge in [0.15, 0.2) is 0 Å². The zero-order valence-electron chi connectivity index (χ0n) is 19.4. The molecule has 3 N–H and O–H groups in total. The van der Waals surface area contributed by atoms with Gasteiger partial charge in [0.1, 0.15) is 16.2 Å². The van der Waals surface area contributed by atoms with Crippen LogP contribution in [0.4, 0.5) is 10.5 Å². The molecule has 12 heteroatoms. The number of para-hydroxylation sites is 1. The quantitative estimate of drug-likeness (QED) is 0.477. The Kier molecular flexibility index (Phi) is 7.64. The highest BCUT2D eigenvalue weighted by Crippen LogP contribution is 2.26. The first-order valence-corrected chi connectivity index (χ1v) is 12.4. The third-order valence-electron chi connectivity index (χ3n) is 5.25. The van der Waals surface area contributed by atoms with Crippen molar-refractivity contribution in [2.75, 3.05) is 31.6 Å². The van der Waals surface area contributed by atoms with Crippen molar-refractivity contribution in [1.29, 1.82) is 0 Å². The fourth-order valence-corrected chi connectivity index (χ4v) is 5.12. The Labute approximate surface area is 198 Å². The second-order valence-electron chi connectivity index (χ2n) is 9.06. The van der Waals surface area contributed by atoms with E-state index in [1.165, 1.54) is 12.1 Å². The molecule has 0 unspecified atom stereocenters. The summed E-state index contributed by atoms with van der Waals surface area (Å²) in [5.74, 6) is -1.23. The van der Waals surface area contributed by atoms with E-state index < -0.39 is 33.5 Å². The SMILES string of the molecule is CC(C)(C)OC(=O)N1CCC(NS(=O)(=O)c2ccccc2NC2=CC(=O)N(CCO)C2=O)CC1. The van der Waals surface area contributed by atoms with Gasteiger partial charge in [-0.3, -0.25) is 14.5 Å². The molecule has 2 aliphatic rings. The molecule has 34 heavy (non-hydrogen) atoms. The molecule has 3 rings (SSSR count). The normalized spacial score (nSPS) is 17.7. The van der Waals surface area contributed by atoms with Crippen molar-refractivity contribution < 1.29 is 32.6 Å². The number of carbonyl (C=O) groups is 3. The first-order valence-electron chi connectivity index (χ1n) is 11.0. The molecule has 1 saturated heterocycles. The Morgan fingerprint density at radius 3 is 2.44 bits per heavy atom. The Balaban J connectivity index is 1.67. The van der Waals surface area contributed by atoms with Gasteiger partial charge in [-0.05, 0) is 45.7 Å². The van der Waals surface area contributed by atoms with Gasteiger partial charge in [-0.1, -0.05) is 12.1 Å². The molecule has 2 heterocycles. The van der Waals surface area contributed by atoms with Gasteiger partial charge >= 0.3 is 6.09 Å². The Bertz CT molecular complexity index is 1090. The number of ether oxygens (including phenoxy) is 1. The lowest BCUT2D eigenvalue weighted by Gasteiger charge is -2.33. The molecule has 0 aliphatic carbocycles. The number of aliphatic hydroxyl groups is 1. The minimum absolute atomic E-state index is 0.0771. The second kappa shape index (κ2) is 10.1. The standard InChI is InChI=1S/C22H30N4O7S/c1-22(2,3)33-21(30)25-10-8-15(9-11-25)24-34(31,32)18-7-5-4-6-16(18)23-17-14-19(28)26(12-13-27)20(17)29/h4-7,14-15,23-24,27H,8-13H2,1-3H3. The molecule has 2 aliphatic heterocycles. The van der Waals surface area contributed by atoms with Crippen LogP contribution in [0.1, 0.15) is 33.6 Å².